The molecular weight excluding hydrogens is 351 g/mol. The van der Waals surface area contributed by atoms with Gasteiger partial charge in [-0.2, -0.15) is 23.3 Å². The highest BCUT2D eigenvalue weighted by molar-refractivity contribution is 6.34. The highest BCUT2D eigenvalue weighted by Gasteiger charge is 2.46. The van der Waals surface area contributed by atoms with E-state index in [1.807, 2.05) is 0 Å². The van der Waals surface area contributed by atoms with Crippen molar-refractivity contribution < 1.29 is 22.9 Å². The van der Waals surface area contributed by atoms with Crippen LogP contribution < -0.4 is 5.01 Å². The van der Waals surface area contributed by atoms with E-state index in [0.29, 0.717) is 5.01 Å². The largest absolute Gasteiger partial charge is 0.435 e. The summed E-state index contributed by atoms with van der Waals surface area (Å²) < 4.78 is 39.9. The van der Waals surface area contributed by atoms with Gasteiger partial charge >= 0.3 is 6.18 Å². The molecule has 1 amide bonds. The first-order valence-electron chi connectivity index (χ1n) is 7.29. The Bertz CT molecular complexity index is 920. The third kappa shape index (κ3) is 3.32. The molecule has 0 aliphatic carbocycles. The summed E-state index contributed by atoms with van der Waals surface area (Å²) in [6.45, 7) is 0. The second-order valence-electron chi connectivity index (χ2n) is 5.31. The van der Waals surface area contributed by atoms with E-state index >= 15 is 0 Å². The molecule has 26 heavy (non-hydrogen) atoms. The molecule has 9 heteroatoms. The molecule has 0 N–H and O–H groups in total. The highest BCUT2D eigenvalue weighted by Crippen LogP contribution is 2.32. The molecule has 0 bridgehead atoms. The highest BCUT2D eigenvalue weighted by atomic mass is 19.4. The number of nitrogens with zero attached hydrogens (tertiary/aromatic N) is 3. The second kappa shape index (κ2) is 6.43. The fraction of sp³-hybridized carbons (Fsp3) is 0.0588. The normalized spacial score (nSPS) is 16.1. The van der Waals surface area contributed by atoms with Gasteiger partial charge in [-0.3, -0.25) is 14.9 Å². The summed E-state index contributed by atoms with van der Waals surface area (Å²) in [5.74, 6) is -0.929. The van der Waals surface area contributed by atoms with E-state index in [2.05, 4.69) is 5.10 Å². The number of carbonyl (C=O) groups is 1. The minimum Gasteiger partial charge on any atom is -0.267 e. The number of anilines is 1. The van der Waals surface area contributed by atoms with Crippen molar-refractivity contribution in [1.29, 1.82) is 0 Å². The summed E-state index contributed by atoms with van der Waals surface area (Å²) >= 11 is 0. The summed E-state index contributed by atoms with van der Waals surface area (Å²) in [4.78, 5) is 22.5. The molecule has 3 rings (SSSR count). The molecule has 1 aliphatic rings. The van der Waals surface area contributed by atoms with E-state index in [4.69, 9.17) is 0 Å². The topological polar surface area (TPSA) is 75.8 Å². The zero-order chi connectivity index (χ0) is 18.9. The lowest BCUT2D eigenvalue weighted by molar-refractivity contribution is -0.384. The number of para-hydroxylation sites is 1. The van der Waals surface area contributed by atoms with Crippen molar-refractivity contribution in [3.63, 3.8) is 0 Å². The van der Waals surface area contributed by atoms with Crippen molar-refractivity contribution in [3.05, 3.63) is 75.8 Å². The van der Waals surface area contributed by atoms with Crippen molar-refractivity contribution in [2.24, 2.45) is 5.10 Å². The maximum absolute atomic E-state index is 13.3. The summed E-state index contributed by atoms with van der Waals surface area (Å²) in [5, 5.41) is 14.8. The molecule has 2 aromatic carbocycles. The molecule has 6 nitrogen and oxygen atoms in total. The molecule has 1 aliphatic heterocycles. The molecule has 0 unspecified atom stereocenters. The average molecular weight is 361 g/mol. The van der Waals surface area contributed by atoms with Gasteiger partial charge in [0.1, 0.15) is 0 Å². The van der Waals surface area contributed by atoms with Crippen molar-refractivity contribution in [2.45, 2.75) is 6.18 Å². The monoisotopic (exact) mass is 361 g/mol. The minimum atomic E-state index is -4.83. The lowest BCUT2D eigenvalue weighted by Crippen LogP contribution is -2.25. The maximum Gasteiger partial charge on any atom is 0.435 e. The smallest absolute Gasteiger partial charge is 0.267 e. The Labute approximate surface area is 145 Å². The van der Waals surface area contributed by atoms with Crippen molar-refractivity contribution in [3.8, 4) is 0 Å². The molecule has 1 heterocycles. The molecule has 0 saturated heterocycles. The molecule has 0 radical (unpaired) electrons. The first kappa shape index (κ1) is 17.3. The van der Waals surface area contributed by atoms with E-state index in [0.717, 1.165) is 18.2 Å². The number of rotatable bonds is 3. The van der Waals surface area contributed by atoms with Crippen LogP contribution in [0.5, 0.6) is 0 Å². The van der Waals surface area contributed by atoms with Crippen LogP contribution in [0.2, 0.25) is 0 Å². The standard InChI is InChI=1S/C17H10F3N3O3/c18-17(19,20)15-14(10-11-6-8-13(9-7-11)23(25)26)16(24)22(21-15)12-4-2-1-3-5-12/h1-10H/b14-10-. The van der Waals surface area contributed by atoms with E-state index < -0.39 is 28.3 Å². The fourth-order valence-corrected chi connectivity index (χ4v) is 2.36. The van der Waals surface area contributed by atoms with Crippen LogP contribution in [-0.4, -0.2) is 22.7 Å². The second-order valence-corrected chi connectivity index (χ2v) is 5.31. The number of nitro groups is 1. The Hall–Kier alpha value is -3.49. The number of nitro benzene ring substituents is 1. The van der Waals surface area contributed by atoms with Crippen LogP contribution in [-0.2, 0) is 4.79 Å². The van der Waals surface area contributed by atoms with Crippen LogP contribution in [0.1, 0.15) is 5.56 Å². The van der Waals surface area contributed by atoms with Crippen LogP contribution in [0.25, 0.3) is 6.08 Å². The summed E-state index contributed by atoms with van der Waals surface area (Å²) in [5.41, 5.74) is -1.74. The number of carbonyl (C=O) groups excluding carboxylic acids is 1. The SMILES string of the molecule is O=C1/C(=C\c2ccc([N+](=O)[O-])cc2)C(C(F)(F)F)=NN1c1ccccc1. The van der Waals surface area contributed by atoms with E-state index in [-0.39, 0.29) is 16.9 Å². The van der Waals surface area contributed by atoms with Gasteiger partial charge in [-0.1, -0.05) is 18.2 Å². The number of amides is 1. The Morgan fingerprint density at radius 3 is 2.19 bits per heavy atom. The maximum atomic E-state index is 13.3. The van der Waals surface area contributed by atoms with Gasteiger partial charge in [0.2, 0.25) is 0 Å². The zero-order valence-electron chi connectivity index (χ0n) is 13.0. The zero-order valence-corrected chi connectivity index (χ0v) is 13.0. The molecule has 0 fully saturated rings. The Morgan fingerprint density at radius 2 is 1.65 bits per heavy atom. The van der Waals surface area contributed by atoms with Gasteiger partial charge in [0, 0.05) is 12.1 Å². The van der Waals surface area contributed by atoms with Crippen molar-refractivity contribution in [1.82, 2.24) is 0 Å². The molecular formula is C17H10F3N3O3. The van der Waals surface area contributed by atoms with Gasteiger partial charge in [-0.15, -0.1) is 0 Å². The quantitative estimate of drug-likeness (QED) is 0.472. The van der Waals surface area contributed by atoms with Crippen molar-refractivity contribution >= 4 is 29.1 Å². The van der Waals surface area contributed by atoms with Crippen LogP contribution in [0.15, 0.2) is 65.3 Å². The number of benzene rings is 2. The van der Waals surface area contributed by atoms with Gasteiger partial charge in [0.25, 0.3) is 11.6 Å². The Balaban J connectivity index is 2.03. The van der Waals surface area contributed by atoms with Crippen LogP contribution >= 0.6 is 0 Å². The van der Waals surface area contributed by atoms with Gasteiger partial charge in [-0.05, 0) is 35.9 Å². The summed E-state index contributed by atoms with van der Waals surface area (Å²) in [7, 11) is 0. The Morgan fingerprint density at radius 1 is 1.04 bits per heavy atom. The number of non-ortho nitro benzene ring substituents is 1. The predicted molar refractivity (Wildman–Crippen MR) is 88.5 cm³/mol. The van der Waals surface area contributed by atoms with Gasteiger partial charge in [0.15, 0.2) is 5.71 Å². The molecule has 0 atom stereocenters. The number of alkyl halides is 3. The van der Waals surface area contributed by atoms with E-state index in [1.165, 1.54) is 24.3 Å². The molecule has 0 spiro atoms. The molecule has 0 saturated carbocycles. The van der Waals surface area contributed by atoms with Gasteiger partial charge in [-0.25, -0.2) is 0 Å². The molecule has 2 aromatic rings. The number of hydrogen-bond donors (Lipinski definition) is 0. The third-order valence-electron chi connectivity index (χ3n) is 3.56. The van der Waals surface area contributed by atoms with E-state index in [1.54, 1.807) is 18.2 Å². The van der Waals surface area contributed by atoms with E-state index in [9.17, 15) is 28.1 Å². The fourth-order valence-electron chi connectivity index (χ4n) is 2.36. The number of halogens is 3. The summed E-state index contributed by atoms with van der Waals surface area (Å²) in [6.07, 6.45) is -3.81. The number of hydrogen-bond acceptors (Lipinski definition) is 4. The minimum absolute atomic E-state index is 0.200. The first-order valence-corrected chi connectivity index (χ1v) is 7.29. The van der Waals surface area contributed by atoms with Gasteiger partial charge in [0.05, 0.1) is 16.2 Å². The van der Waals surface area contributed by atoms with Crippen LogP contribution in [0, 0.1) is 10.1 Å². The van der Waals surface area contributed by atoms with Gasteiger partial charge < -0.3 is 0 Å². The average Bonchev–Trinajstić information content (AvgIpc) is 2.93. The lowest BCUT2D eigenvalue weighted by Gasteiger charge is -2.10. The summed E-state index contributed by atoms with van der Waals surface area (Å²) in [6, 6.07) is 12.5. The first-order chi connectivity index (χ1) is 12.3. The Kier molecular flexibility index (Phi) is 4.29. The third-order valence-corrected chi connectivity index (χ3v) is 3.56. The van der Waals surface area contributed by atoms with Crippen molar-refractivity contribution in [2.75, 3.05) is 5.01 Å². The molecule has 132 valence electrons. The lowest BCUT2D eigenvalue weighted by atomic mass is 10.1. The predicted octanol–water partition coefficient (Wildman–Crippen LogP) is 3.94. The number of hydrazone groups is 1. The molecule has 0 aromatic heterocycles. The van der Waals surface area contributed by atoms with Crippen LogP contribution in [0.3, 0.4) is 0 Å². The van der Waals surface area contributed by atoms with Crippen LogP contribution in [0.4, 0.5) is 24.5 Å².